The van der Waals surface area contributed by atoms with Gasteiger partial charge in [-0.2, -0.15) is 0 Å². The number of aliphatic hydroxyl groups is 1. The molecular weight excluding hydrogens is 847 g/mol. The summed E-state index contributed by atoms with van der Waals surface area (Å²) in [6.07, 6.45) is -4.06. The number of carbonyl (C=O) groups excluding carboxylic acids is 7. The molecular formula is C50H51N5O11. The molecule has 0 aliphatic heterocycles. The lowest BCUT2D eigenvalue weighted by Crippen LogP contribution is -2.60. The largest absolute Gasteiger partial charge is 0.469 e. The van der Waals surface area contributed by atoms with Gasteiger partial charge in [-0.3, -0.25) is 28.8 Å². The molecule has 0 fully saturated rings. The number of nitrogens with one attached hydrogen (secondary N) is 5. The van der Waals surface area contributed by atoms with E-state index in [4.69, 9.17) is 9.47 Å². The predicted molar refractivity (Wildman–Crippen MR) is 241 cm³/mol. The quantitative estimate of drug-likeness (QED) is 0.0399. The molecule has 0 spiro atoms. The van der Waals surface area contributed by atoms with Crippen molar-refractivity contribution >= 4 is 41.7 Å². The highest BCUT2D eigenvalue weighted by molar-refractivity contribution is 5.97. The van der Waals surface area contributed by atoms with E-state index in [1.807, 2.05) is 140 Å². The molecule has 66 heavy (non-hydrogen) atoms. The summed E-state index contributed by atoms with van der Waals surface area (Å²) in [7, 11) is 2.16. The van der Waals surface area contributed by atoms with Gasteiger partial charge in [-0.15, -0.1) is 0 Å². The number of amides is 5. The van der Waals surface area contributed by atoms with Gasteiger partial charge in [0.25, 0.3) is 0 Å². The first-order valence-corrected chi connectivity index (χ1v) is 21.2. The van der Waals surface area contributed by atoms with E-state index in [0.717, 1.165) is 36.5 Å². The molecule has 16 heteroatoms. The van der Waals surface area contributed by atoms with Crippen molar-refractivity contribution in [1.82, 2.24) is 26.6 Å². The average Bonchev–Trinajstić information content (AvgIpc) is 3.66. The lowest BCUT2D eigenvalue weighted by atomic mass is 9.77. The number of fused-ring (bicyclic) bond motifs is 3. The van der Waals surface area contributed by atoms with Gasteiger partial charge in [-0.05, 0) is 45.9 Å². The van der Waals surface area contributed by atoms with Crippen LogP contribution in [-0.2, 0) is 48.5 Å². The van der Waals surface area contributed by atoms with Gasteiger partial charge in [0.15, 0.2) is 0 Å². The SMILES string of the molecule is COC(=O)CNC(=O)C(NC(=O)C(CC(=O)OC)NC(=O)C(CC(=O)NC(c1ccccc1)(c1ccccc1)c1ccccc1)NC(=O)OCC1c2ccccc2-c2ccccc21)C(C)O. The fraction of sp³-hybridized carbons (Fsp3) is 0.260. The van der Waals surface area contributed by atoms with Gasteiger partial charge in [-0.1, -0.05) is 140 Å². The molecule has 5 aromatic rings. The molecule has 6 rings (SSSR count). The van der Waals surface area contributed by atoms with E-state index >= 15 is 0 Å². The first-order chi connectivity index (χ1) is 31.9. The molecule has 0 radical (unpaired) electrons. The maximum Gasteiger partial charge on any atom is 0.407 e. The van der Waals surface area contributed by atoms with Crippen LogP contribution in [0.25, 0.3) is 11.1 Å². The van der Waals surface area contributed by atoms with E-state index in [-0.39, 0.29) is 12.5 Å². The van der Waals surface area contributed by atoms with Gasteiger partial charge >= 0.3 is 18.0 Å². The Morgan fingerprint density at radius 2 is 1.03 bits per heavy atom. The Balaban J connectivity index is 1.31. The number of hydrogen-bond donors (Lipinski definition) is 6. The number of ether oxygens (including phenoxy) is 3. The molecule has 4 unspecified atom stereocenters. The van der Waals surface area contributed by atoms with Gasteiger partial charge in [0, 0.05) is 5.92 Å². The first-order valence-electron chi connectivity index (χ1n) is 21.2. The molecule has 5 amide bonds. The maximum atomic E-state index is 14.6. The number of benzene rings is 5. The molecule has 0 heterocycles. The van der Waals surface area contributed by atoms with Crippen molar-refractivity contribution in [3.8, 4) is 11.1 Å². The average molecular weight is 898 g/mol. The fourth-order valence-electron chi connectivity index (χ4n) is 7.95. The molecule has 0 bridgehead atoms. The number of esters is 2. The van der Waals surface area contributed by atoms with E-state index in [2.05, 4.69) is 31.3 Å². The van der Waals surface area contributed by atoms with Crippen molar-refractivity contribution in [2.24, 2.45) is 0 Å². The van der Waals surface area contributed by atoms with Gasteiger partial charge in [-0.25, -0.2) is 4.79 Å². The molecule has 4 atom stereocenters. The Morgan fingerprint density at radius 1 is 0.576 bits per heavy atom. The van der Waals surface area contributed by atoms with Crippen LogP contribution in [0.3, 0.4) is 0 Å². The summed E-state index contributed by atoms with van der Waals surface area (Å²) in [5.41, 5.74) is 4.57. The van der Waals surface area contributed by atoms with Gasteiger partial charge in [0.2, 0.25) is 23.6 Å². The molecule has 1 aliphatic rings. The van der Waals surface area contributed by atoms with Crippen LogP contribution in [0.15, 0.2) is 140 Å². The highest BCUT2D eigenvalue weighted by Crippen LogP contribution is 2.44. The molecule has 0 saturated carbocycles. The monoisotopic (exact) mass is 897 g/mol. The highest BCUT2D eigenvalue weighted by atomic mass is 16.5. The van der Waals surface area contributed by atoms with Crippen LogP contribution >= 0.6 is 0 Å². The van der Waals surface area contributed by atoms with Crippen LogP contribution < -0.4 is 26.6 Å². The van der Waals surface area contributed by atoms with Crippen LogP contribution in [0.4, 0.5) is 4.79 Å². The van der Waals surface area contributed by atoms with E-state index < -0.39 is 90.8 Å². The zero-order valence-electron chi connectivity index (χ0n) is 36.5. The topological polar surface area (TPSA) is 228 Å². The molecule has 16 nitrogen and oxygen atoms in total. The molecule has 1 aliphatic carbocycles. The van der Waals surface area contributed by atoms with Crippen molar-refractivity contribution in [2.75, 3.05) is 27.4 Å². The van der Waals surface area contributed by atoms with E-state index in [1.54, 1.807) is 0 Å². The minimum Gasteiger partial charge on any atom is -0.469 e. The minimum absolute atomic E-state index is 0.133. The lowest BCUT2D eigenvalue weighted by molar-refractivity contribution is -0.145. The van der Waals surface area contributed by atoms with Crippen LogP contribution in [0.5, 0.6) is 0 Å². The molecule has 5 aromatic carbocycles. The molecule has 6 N–H and O–H groups in total. The summed E-state index contributed by atoms with van der Waals surface area (Å²) in [6, 6.07) is 37.9. The minimum atomic E-state index is -1.77. The molecule has 0 aromatic heterocycles. The van der Waals surface area contributed by atoms with Gasteiger partial charge in [0.05, 0.1) is 33.2 Å². The van der Waals surface area contributed by atoms with Crippen molar-refractivity contribution < 1.29 is 52.9 Å². The summed E-state index contributed by atoms with van der Waals surface area (Å²) in [5, 5.41) is 23.1. The number of aliphatic hydroxyl groups excluding tert-OH is 1. The third kappa shape index (κ3) is 11.3. The normalized spacial score (nSPS) is 13.5. The number of hydrogen-bond acceptors (Lipinski definition) is 11. The molecule has 0 saturated heterocycles. The van der Waals surface area contributed by atoms with Gasteiger partial charge < -0.3 is 45.9 Å². The highest BCUT2D eigenvalue weighted by Gasteiger charge is 2.40. The maximum absolute atomic E-state index is 14.6. The van der Waals surface area contributed by atoms with Crippen LogP contribution in [0, 0.1) is 0 Å². The summed E-state index contributed by atoms with van der Waals surface area (Å²) >= 11 is 0. The second-order valence-electron chi connectivity index (χ2n) is 15.5. The summed E-state index contributed by atoms with van der Waals surface area (Å²) in [5.74, 6) is -5.99. The Bertz CT molecular complexity index is 2380. The number of alkyl carbamates (subject to hydrolysis) is 1. The number of methoxy groups -OCH3 is 2. The van der Waals surface area contributed by atoms with E-state index in [0.29, 0.717) is 16.7 Å². The number of carbonyl (C=O) groups is 7. The van der Waals surface area contributed by atoms with Crippen LogP contribution in [0.2, 0.25) is 0 Å². The zero-order valence-corrected chi connectivity index (χ0v) is 36.5. The van der Waals surface area contributed by atoms with Crippen molar-refractivity contribution in [3.63, 3.8) is 0 Å². The predicted octanol–water partition coefficient (Wildman–Crippen LogP) is 3.59. The Labute approximate surface area is 381 Å². The number of rotatable bonds is 19. The summed E-state index contributed by atoms with van der Waals surface area (Å²) in [6.45, 7) is 0.484. The summed E-state index contributed by atoms with van der Waals surface area (Å²) in [4.78, 5) is 94.0. The van der Waals surface area contributed by atoms with Crippen molar-refractivity contribution in [3.05, 3.63) is 167 Å². The van der Waals surface area contributed by atoms with Crippen molar-refractivity contribution in [1.29, 1.82) is 0 Å². The van der Waals surface area contributed by atoms with Crippen LogP contribution in [-0.4, -0.2) is 98.4 Å². The van der Waals surface area contributed by atoms with Gasteiger partial charge in [0.1, 0.15) is 36.8 Å². The Kier molecular flexibility index (Phi) is 16.0. The van der Waals surface area contributed by atoms with E-state index in [1.165, 1.54) is 6.92 Å². The standard InChI is InChI=1S/C50H51N5O11/c1-31(56)45(48(62)51-29-44(59)65-3)54-47(61)41(28-43(58)64-2)52-46(60)40(53-49(63)66-30-39-37-25-15-13-23-35(37)36-24-14-16-26-38(36)39)27-42(57)55-50(32-17-7-4-8-18-32,33-19-9-5-10-20-33)34-21-11-6-12-22-34/h4-26,31,39-41,45,56H,27-30H2,1-3H3,(H,51,62)(H,52,60)(H,53,63)(H,54,61)(H,55,57). The third-order valence-electron chi connectivity index (χ3n) is 11.2. The second kappa shape index (κ2) is 22.2. The third-order valence-corrected chi connectivity index (χ3v) is 11.2. The molecule has 342 valence electrons. The second-order valence-corrected chi connectivity index (χ2v) is 15.5. The lowest BCUT2D eigenvalue weighted by Gasteiger charge is -2.37. The summed E-state index contributed by atoms with van der Waals surface area (Å²) < 4.78 is 15.1. The zero-order chi connectivity index (χ0) is 47.2. The smallest absolute Gasteiger partial charge is 0.407 e. The van der Waals surface area contributed by atoms with Crippen molar-refractivity contribution in [2.45, 2.75) is 55.5 Å². The Morgan fingerprint density at radius 3 is 1.52 bits per heavy atom. The van der Waals surface area contributed by atoms with Crippen LogP contribution in [0.1, 0.15) is 53.5 Å². The Hall–Kier alpha value is -7.85. The van der Waals surface area contributed by atoms with E-state index in [9.17, 15) is 38.7 Å². The fourth-order valence-corrected chi connectivity index (χ4v) is 7.95. The first kappa shape index (κ1) is 47.6.